The SMILES string of the molecule is CC1(C)c2ccccc2-c2ccc(-c3ccc4c(c3)C(C)(C)c3cc(-c5ccc6c(c5)C(C)(C)c5cc(-c7cc(-c8ccc9c(c8)C(C)(C)c8cc(-c%10ccc%11c(c%10)C(C)(C)c%10cc(-c%12ccc%13c(c%12)C(C)(C)c%12ccccc%12-%13)ccc%10-%11)ccc8-9)cc(-c8ccc9c(c8)C(C)(C)c8cc(-c%10ccc%11c(c%10)C(C)(C)c%10cc(-c%12ccc%13c(c%12)C(C)(C)c%12ccccc%12-%13)ccc%10-%11)ccc8-9)c7)ccc5-6)ccc3-4)cc21. The van der Waals surface area contributed by atoms with Gasteiger partial charge in [-0.25, -0.2) is 0 Å². The van der Waals surface area contributed by atoms with Gasteiger partial charge in [0.2, 0.25) is 0 Å². The lowest BCUT2D eigenvalue weighted by molar-refractivity contribution is 0.659. The molecule has 19 aromatic rings. The molecule has 0 nitrogen and oxygen atoms in total. The Morgan fingerprint density at radius 3 is 0.298 bits per heavy atom. The summed E-state index contributed by atoms with van der Waals surface area (Å²) in [7, 11) is 0. The van der Waals surface area contributed by atoms with Crippen LogP contribution in [0.4, 0.5) is 0 Å². The van der Waals surface area contributed by atoms with Crippen LogP contribution in [0.3, 0.4) is 0 Å². The number of hydrogen-bond donors (Lipinski definition) is 0. The van der Waals surface area contributed by atoms with Crippen LogP contribution in [0, 0.1) is 0 Å². The van der Waals surface area contributed by atoms with E-state index in [-0.39, 0.29) is 48.7 Å². The highest BCUT2D eigenvalue weighted by Gasteiger charge is 2.46. The van der Waals surface area contributed by atoms with Gasteiger partial charge >= 0.3 is 0 Å². The Labute approximate surface area is 831 Å². The van der Waals surface area contributed by atoms with Crippen molar-refractivity contribution in [3.63, 3.8) is 0 Å². The van der Waals surface area contributed by atoms with Crippen molar-refractivity contribution in [2.75, 3.05) is 0 Å². The normalized spacial score (nSPS) is 16.8. The monoisotopic (exact) mass is 1810 g/mol. The molecule has 0 aliphatic heterocycles. The smallest absolute Gasteiger partial charge is 0.0159 e. The summed E-state index contributed by atoms with van der Waals surface area (Å²) in [4.78, 5) is 0. The van der Waals surface area contributed by atoms with E-state index in [0.717, 1.165) is 0 Å². The maximum absolute atomic E-state index is 2.54. The van der Waals surface area contributed by atoms with Gasteiger partial charge in [0.25, 0.3) is 0 Å². The van der Waals surface area contributed by atoms with Crippen LogP contribution in [-0.4, -0.2) is 0 Å². The van der Waals surface area contributed by atoms with Crippen LogP contribution < -0.4 is 0 Å². The van der Waals surface area contributed by atoms with Gasteiger partial charge in [-0.1, -0.05) is 379 Å². The summed E-state index contributed by atoms with van der Waals surface area (Å²) in [6.45, 7) is 43.7. The quantitative estimate of drug-likeness (QED) is 0.135. The Bertz CT molecular complexity index is 8090. The molecular weight excluding hydrogens is 1690 g/mol. The zero-order valence-corrected chi connectivity index (χ0v) is 84.1. The highest BCUT2D eigenvalue weighted by atomic mass is 14.5. The van der Waals surface area contributed by atoms with Crippen LogP contribution >= 0.6 is 0 Å². The zero-order chi connectivity index (χ0) is 96.1. The van der Waals surface area contributed by atoms with E-state index in [2.05, 4.69) is 489 Å². The second-order valence-electron chi connectivity index (χ2n) is 47.5. The molecule has 0 unspecified atom stereocenters. The molecule has 0 amide bonds. The maximum Gasteiger partial charge on any atom is 0.0159 e. The molecule has 0 radical (unpaired) electrons. The lowest BCUT2D eigenvalue weighted by Gasteiger charge is -2.24. The summed E-state index contributed by atoms with van der Waals surface area (Å²) in [6, 6.07) is 144. The van der Waals surface area contributed by atoms with Crippen LogP contribution in [0.2, 0.25) is 0 Å². The second kappa shape index (κ2) is 28.3. The zero-order valence-electron chi connectivity index (χ0n) is 84.1. The van der Waals surface area contributed by atoms with Gasteiger partial charge in [-0.3, -0.25) is 0 Å². The third kappa shape index (κ3) is 11.6. The standard InChI is InChI=1S/C141H114/c1-133(2)115-28-22-19-25-97(115)100-46-31-79(64-118(100)133)82-34-49-103-106-52-37-85(70-124(106)136(7,8)121(103)67-82)88-40-55-109-112-58-43-91(76-130(112)139(13,14)127(109)73-88)94-61-95(92-44-59-113-110-56-41-89(74-128(110)140(15,16)131(113)77-92)86-38-53-107-104-50-35-83(68-122(104)137(9,10)125(107)71-86)80-32-47-101-98-26-20-23-29-116(98)134(3,4)119(101)65-80)63-96(62-94)93-45-60-114-111-57-42-90(75-129(111)141(17,18)132(114)78-93)87-39-54-108-105-51-36-84(69-123(105)138(11,12)126(108)72-87)81-33-48-102-99-27-21-24-30-117(99)135(5,6)120(102)66-81/h19-78H,1-18H3. The minimum Gasteiger partial charge on any atom is -0.0619 e. The highest BCUT2D eigenvalue weighted by molar-refractivity contribution is 5.98. The average molecular weight is 1810 g/mol. The van der Waals surface area contributed by atoms with Crippen molar-refractivity contribution in [2.24, 2.45) is 0 Å². The molecule has 0 fully saturated rings. The predicted molar refractivity (Wildman–Crippen MR) is 593 cm³/mol. The van der Waals surface area contributed by atoms with Crippen LogP contribution in [0.15, 0.2) is 364 Å². The van der Waals surface area contributed by atoms with Gasteiger partial charge in [0.05, 0.1) is 0 Å². The van der Waals surface area contributed by atoms with Crippen molar-refractivity contribution in [3.8, 4) is 200 Å². The molecule has 0 heteroatoms. The minimum absolute atomic E-state index is 0.0617. The Hall–Kier alpha value is -14.8. The molecule has 0 saturated carbocycles. The summed E-state index contributed by atoms with van der Waals surface area (Å²) in [5, 5.41) is 0. The van der Waals surface area contributed by atoms with Crippen LogP contribution in [0.5, 0.6) is 0 Å². The fourth-order valence-corrected chi connectivity index (χ4v) is 28.4. The molecule has 141 heavy (non-hydrogen) atoms. The van der Waals surface area contributed by atoms with E-state index in [0.29, 0.717) is 0 Å². The molecule has 0 N–H and O–H groups in total. The first-order valence-corrected chi connectivity index (χ1v) is 51.3. The van der Waals surface area contributed by atoms with Crippen molar-refractivity contribution >= 4 is 0 Å². The highest BCUT2D eigenvalue weighted by Crippen LogP contribution is 2.62. The van der Waals surface area contributed by atoms with Crippen molar-refractivity contribution in [2.45, 2.75) is 173 Å². The molecule has 0 heterocycles. The molecule has 0 saturated heterocycles. The largest absolute Gasteiger partial charge is 0.0619 e. The first kappa shape index (κ1) is 84.3. The van der Waals surface area contributed by atoms with Gasteiger partial charge in [-0.05, 0) is 410 Å². The number of benzene rings is 19. The van der Waals surface area contributed by atoms with Crippen molar-refractivity contribution in [3.05, 3.63) is 464 Å². The maximum atomic E-state index is 2.54. The summed E-state index contributed by atoms with van der Waals surface area (Å²) >= 11 is 0. The number of hydrogen-bond acceptors (Lipinski definition) is 0. The van der Waals surface area contributed by atoms with E-state index < -0.39 is 0 Å². The molecule has 19 aromatic carbocycles. The Balaban J connectivity index is 0.499. The van der Waals surface area contributed by atoms with Crippen molar-refractivity contribution in [1.82, 2.24) is 0 Å². The first-order chi connectivity index (χ1) is 67.6. The fourth-order valence-electron chi connectivity index (χ4n) is 28.4. The molecule has 9 aliphatic rings. The topological polar surface area (TPSA) is 0 Å². The Morgan fingerprint density at radius 2 is 0.177 bits per heavy atom. The number of fused-ring (bicyclic) bond motifs is 27. The lowest BCUT2D eigenvalue weighted by Crippen LogP contribution is -2.16. The second-order valence-corrected chi connectivity index (χ2v) is 47.5. The Kier molecular flexibility index (Phi) is 16.9. The fraction of sp³-hybridized carbons (Fsp3) is 0.191. The molecular formula is C141H114. The minimum atomic E-state index is -0.288. The summed E-state index contributed by atoms with van der Waals surface area (Å²) in [5.41, 5.74) is 69.9. The lowest BCUT2D eigenvalue weighted by atomic mass is 9.79. The molecule has 0 bridgehead atoms. The molecule has 0 atom stereocenters. The predicted octanol–water partition coefficient (Wildman–Crippen LogP) is 37.4. The van der Waals surface area contributed by atoms with E-state index in [9.17, 15) is 0 Å². The van der Waals surface area contributed by atoms with Gasteiger partial charge in [0.1, 0.15) is 0 Å². The van der Waals surface area contributed by atoms with Crippen LogP contribution in [0.25, 0.3) is 200 Å². The van der Waals surface area contributed by atoms with E-state index in [4.69, 9.17) is 0 Å². The van der Waals surface area contributed by atoms with E-state index >= 15 is 0 Å². The van der Waals surface area contributed by atoms with Crippen LogP contribution in [0.1, 0.15) is 225 Å². The van der Waals surface area contributed by atoms with Crippen molar-refractivity contribution < 1.29 is 0 Å². The van der Waals surface area contributed by atoms with E-state index in [1.165, 1.54) is 300 Å². The average Bonchev–Trinajstić information content (AvgIpc) is 1.55. The molecule has 0 spiro atoms. The van der Waals surface area contributed by atoms with Gasteiger partial charge in [0, 0.05) is 48.7 Å². The molecule has 0 aromatic heterocycles. The first-order valence-electron chi connectivity index (χ1n) is 51.3. The summed E-state index contributed by atoms with van der Waals surface area (Å²) in [6.07, 6.45) is 0. The van der Waals surface area contributed by atoms with Gasteiger partial charge < -0.3 is 0 Å². The van der Waals surface area contributed by atoms with Crippen LogP contribution in [-0.2, 0) is 48.7 Å². The van der Waals surface area contributed by atoms with E-state index in [1.54, 1.807) is 0 Å². The summed E-state index contributed by atoms with van der Waals surface area (Å²) in [5.74, 6) is 0. The van der Waals surface area contributed by atoms with Gasteiger partial charge in [-0.15, -0.1) is 0 Å². The molecule has 9 aliphatic carbocycles. The van der Waals surface area contributed by atoms with E-state index in [1.807, 2.05) is 0 Å². The molecule has 678 valence electrons. The third-order valence-electron chi connectivity index (χ3n) is 36.7. The molecule has 28 rings (SSSR count). The van der Waals surface area contributed by atoms with Crippen molar-refractivity contribution in [1.29, 1.82) is 0 Å². The summed E-state index contributed by atoms with van der Waals surface area (Å²) < 4.78 is 0. The third-order valence-corrected chi connectivity index (χ3v) is 36.7. The van der Waals surface area contributed by atoms with Gasteiger partial charge in [-0.2, -0.15) is 0 Å². The van der Waals surface area contributed by atoms with Gasteiger partial charge in [0.15, 0.2) is 0 Å². The Morgan fingerprint density at radius 1 is 0.0851 bits per heavy atom. The number of rotatable bonds is 9.